The lowest BCUT2D eigenvalue weighted by atomic mass is 10.1. The van der Waals surface area contributed by atoms with Crippen molar-refractivity contribution in [3.05, 3.63) is 46.3 Å². The van der Waals surface area contributed by atoms with Gasteiger partial charge in [0.2, 0.25) is 0 Å². The fourth-order valence-corrected chi connectivity index (χ4v) is 2.51. The number of likely N-dealkylation sites (tertiary alicyclic amines) is 1. The summed E-state index contributed by atoms with van der Waals surface area (Å²) in [5.41, 5.74) is 9.68. The molecule has 1 aliphatic rings. The lowest BCUT2D eigenvalue weighted by Crippen LogP contribution is -2.36. The monoisotopic (exact) mass is 274 g/mol. The quantitative estimate of drug-likeness (QED) is 0.358. The van der Waals surface area contributed by atoms with Crippen LogP contribution in [0.1, 0.15) is 18.9 Å². The van der Waals surface area contributed by atoms with Crippen LogP contribution in [0, 0.1) is 0 Å². The van der Waals surface area contributed by atoms with Gasteiger partial charge in [-0.25, -0.2) is 0 Å². The summed E-state index contributed by atoms with van der Waals surface area (Å²) in [4.78, 5) is 16.9. The van der Waals surface area contributed by atoms with Gasteiger partial charge in [0.15, 0.2) is 0 Å². The maximum absolute atomic E-state index is 12.0. The topological polar surface area (TPSA) is 78.3 Å². The predicted octanol–water partition coefficient (Wildman–Crippen LogP) is 2.50. The van der Waals surface area contributed by atoms with Crippen molar-refractivity contribution in [1.82, 2.24) is 4.90 Å². The summed E-state index contributed by atoms with van der Waals surface area (Å²) >= 11 is 0. The molecule has 2 rings (SSSR count). The summed E-state index contributed by atoms with van der Waals surface area (Å²) in [6.45, 7) is 3.39. The van der Waals surface area contributed by atoms with Gasteiger partial charge in [0.1, 0.15) is 6.04 Å². The van der Waals surface area contributed by atoms with Crippen molar-refractivity contribution in [2.45, 2.75) is 32.0 Å². The highest BCUT2D eigenvalue weighted by atomic mass is 16.5. The minimum atomic E-state index is -0.328. The van der Waals surface area contributed by atoms with Gasteiger partial charge >= 0.3 is 5.97 Å². The van der Waals surface area contributed by atoms with Gasteiger partial charge in [0.25, 0.3) is 0 Å². The molecule has 1 fully saturated rings. The number of benzene rings is 1. The van der Waals surface area contributed by atoms with Crippen LogP contribution in [0.3, 0.4) is 0 Å². The van der Waals surface area contributed by atoms with Gasteiger partial charge in [-0.1, -0.05) is 35.4 Å². The fraction of sp³-hybridized carbons (Fsp3) is 0.500. The Morgan fingerprint density at radius 2 is 2.25 bits per heavy atom. The van der Waals surface area contributed by atoms with E-state index in [0.717, 1.165) is 5.56 Å². The van der Waals surface area contributed by atoms with E-state index in [1.807, 2.05) is 35.2 Å². The zero-order valence-corrected chi connectivity index (χ0v) is 11.5. The van der Waals surface area contributed by atoms with Crippen molar-refractivity contribution in [3.8, 4) is 0 Å². The summed E-state index contributed by atoms with van der Waals surface area (Å²) in [7, 11) is 0. The van der Waals surface area contributed by atoms with E-state index in [2.05, 4.69) is 10.0 Å². The van der Waals surface area contributed by atoms with Crippen molar-refractivity contribution < 1.29 is 9.53 Å². The number of esters is 1. The second-order valence-electron chi connectivity index (χ2n) is 4.78. The van der Waals surface area contributed by atoms with Crippen LogP contribution in [0.2, 0.25) is 0 Å². The first-order valence-corrected chi connectivity index (χ1v) is 6.73. The van der Waals surface area contributed by atoms with Gasteiger partial charge in [0.05, 0.1) is 12.6 Å². The lowest BCUT2D eigenvalue weighted by molar-refractivity contribution is -0.148. The highest BCUT2D eigenvalue weighted by molar-refractivity contribution is 5.76. The molecule has 1 aliphatic heterocycles. The van der Waals surface area contributed by atoms with Crippen molar-refractivity contribution >= 4 is 5.97 Å². The molecule has 0 aliphatic carbocycles. The number of hydrogen-bond donors (Lipinski definition) is 0. The smallest absolute Gasteiger partial charge is 0.323 e. The second kappa shape index (κ2) is 6.93. The molecule has 0 radical (unpaired) electrons. The summed E-state index contributed by atoms with van der Waals surface area (Å²) in [5.74, 6) is -0.237. The molecular weight excluding hydrogens is 256 g/mol. The first-order valence-electron chi connectivity index (χ1n) is 6.73. The fourth-order valence-electron chi connectivity index (χ4n) is 2.51. The molecule has 0 spiro atoms. The molecule has 0 N–H and O–H groups in total. The number of nitrogens with zero attached hydrogens (tertiary/aromatic N) is 4. The molecular formula is C14H18N4O2. The summed E-state index contributed by atoms with van der Waals surface area (Å²) < 4.78 is 5.10. The van der Waals surface area contributed by atoms with Crippen LogP contribution in [0.4, 0.5) is 0 Å². The highest BCUT2D eigenvalue weighted by Gasteiger charge is 2.37. The standard InChI is InChI=1S/C14H18N4O2/c1-2-20-14(19)13-8-12(16-17-15)10-18(13)9-11-6-4-3-5-7-11/h3-7,12-13H,2,8-10H2,1H3/t12-,13-/m0/s1. The van der Waals surface area contributed by atoms with E-state index in [0.29, 0.717) is 26.1 Å². The molecule has 0 saturated carbocycles. The van der Waals surface area contributed by atoms with Crippen LogP contribution in [0.25, 0.3) is 10.4 Å². The van der Waals surface area contributed by atoms with Crippen molar-refractivity contribution in [1.29, 1.82) is 0 Å². The Morgan fingerprint density at radius 3 is 2.90 bits per heavy atom. The number of carbonyl (C=O) groups is 1. The zero-order chi connectivity index (χ0) is 14.4. The van der Waals surface area contributed by atoms with Crippen molar-refractivity contribution in [3.63, 3.8) is 0 Å². The van der Waals surface area contributed by atoms with Gasteiger partial charge in [-0.3, -0.25) is 9.69 Å². The minimum Gasteiger partial charge on any atom is -0.465 e. The number of ether oxygens (including phenoxy) is 1. The van der Waals surface area contributed by atoms with Crippen LogP contribution in [0.15, 0.2) is 35.4 Å². The van der Waals surface area contributed by atoms with Crippen LogP contribution < -0.4 is 0 Å². The first-order chi connectivity index (χ1) is 9.74. The molecule has 0 unspecified atom stereocenters. The Kier molecular flexibility index (Phi) is 4.98. The SMILES string of the molecule is CCOC(=O)[C@@H]1C[C@H](N=[N+]=[N-])CN1Cc1ccccc1. The van der Waals surface area contributed by atoms with Crippen LogP contribution in [0.5, 0.6) is 0 Å². The Hall–Kier alpha value is -2.04. The third-order valence-electron chi connectivity index (χ3n) is 3.38. The highest BCUT2D eigenvalue weighted by Crippen LogP contribution is 2.24. The van der Waals surface area contributed by atoms with Crippen LogP contribution in [-0.4, -0.2) is 36.1 Å². The van der Waals surface area contributed by atoms with Crippen LogP contribution >= 0.6 is 0 Å². The van der Waals surface area contributed by atoms with Gasteiger partial charge in [-0.05, 0) is 24.4 Å². The maximum Gasteiger partial charge on any atom is 0.323 e. The molecule has 1 aromatic carbocycles. The minimum absolute atomic E-state index is 0.168. The van der Waals surface area contributed by atoms with Crippen molar-refractivity contribution in [2.75, 3.05) is 13.2 Å². The average Bonchev–Trinajstić information content (AvgIpc) is 2.83. The Morgan fingerprint density at radius 1 is 1.50 bits per heavy atom. The lowest BCUT2D eigenvalue weighted by Gasteiger charge is -2.22. The third-order valence-corrected chi connectivity index (χ3v) is 3.38. The average molecular weight is 274 g/mol. The molecule has 1 aromatic rings. The Labute approximate surface area is 118 Å². The predicted molar refractivity (Wildman–Crippen MR) is 74.8 cm³/mol. The second-order valence-corrected chi connectivity index (χ2v) is 4.78. The van der Waals surface area contributed by atoms with E-state index < -0.39 is 0 Å². The van der Waals surface area contributed by atoms with Crippen molar-refractivity contribution in [2.24, 2.45) is 5.11 Å². The van der Waals surface area contributed by atoms with E-state index in [9.17, 15) is 4.79 Å². The molecule has 1 saturated heterocycles. The van der Waals surface area contributed by atoms with E-state index in [1.165, 1.54) is 0 Å². The molecule has 6 heteroatoms. The first kappa shape index (κ1) is 14.4. The number of rotatable bonds is 5. The van der Waals surface area contributed by atoms with Gasteiger partial charge in [0, 0.05) is 18.0 Å². The van der Waals surface area contributed by atoms with E-state index in [-0.39, 0.29) is 18.1 Å². The molecule has 0 amide bonds. The molecule has 2 atom stereocenters. The van der Waals surface area contributed by atoms with E-state index in [4.69, 9.17) is 10.3 Å². The zero-order valence-electron chi connectivity index (χ0n) is 11.5. The van der Waals surface area contributed by atoms with Gasteiger partial charge in [-0.2, -0.15) is 0 Å². The maximum atomic E-state index is 12.0. The molecule has 1 heterocycles. The Bertz CT molecular complexity index is 499. The largest absolute Gasteiger partial charge is 0.465 e. The molecule has 6 nitrogen and oxygen atoms in total. The third kappa shape index (κ3) is 3.50. The number of carbonyl (C=O) groups excluding carboxylic acids is 1. The summed E-state index contributed by atoms with van der Waals surface area (Å²) in [5, 5.41) is 3.74. The normalized spacial score (nSPS) is 22.2. The van der Waals surface area contributed by atoms with Gasteiger partial charge < -0.3 is 4.74 Å². The van der Waals surface area contributed by atoms with E-state index in [1.54, 1.807) is 6.92 Å². The number of hydrogen-bond acceptors (Lipinski definition) is 4. The van der Waals surface area contributed by atoms with Gasteiger partial charge in [-0.15, -0.1) is 0 Å². The molecule has 106 valence electrons. The molecule has 20 heavy (non-hydrogen) atoms. The summed E-state index contributed by atoms with van der Waals surface area (Å²) in [6.07, 6.45) is 0.524. The Balaban J connectivity index is 2.10. The molecule has 0 bridgehead atoms. The summed E-state index contributed by atoms with van der Waals surface area (Å²) in [6, 6.07) is 9.43. The van der Waals surface area contributed by atoms with Crippen LogP contribution in [-0.2, 0) is 16.1 Å². The van der Waals surface area contributed by atoms with E-state index >= 15 is 0 Å². The number of azide groups is 1. The molecule has 0 aromatic heterocycles.